The van der Waals surface area contributed by atoms with Gasteiger partial charge in [-0.2, -0.15) is 0 Å². The molecule has 2 aliphatic carbocycles. The predicted octanol–water partition coefficient (Wildman–Crippen LogP) is 3.09. The summed E-state index contributed by atoms with van der Waals surface area (Å²) in [5, 5.41) is 12.4. The van der Waals surface area contributed by atoms with Crippen LogP contribution in [-0.2, 0) is 9.59 Å². The van der Waals surface area contributed by atoms with Gasteiger partial charge in [0.2, 0.25) is 5.91 Å². The number of allylic oxidation sites excluding steroid dienone is 3. The molecule has 0 aliphatic heterocycles. The summed E-state index contributed by atoms with van der Waals surface area (Å²) in [7, 11) is 0. The molecule has 1 aromatic rings. The van der Waals surface area contributed by atoms with Gasteiger partial charge in [-0.25, -0.2) is 0 Å². The molecule has 4 heteroatoms. The molecule has 0 saturated heterocycles. The SMILES string of the molecule is C=CCC12C=CC(C1)C(C(=O)O)C2C(=O)Nc1ccccc1. The maximum absolute atomic E-state index is 12.8. The zero-order valence-corrected chi connectivity index (χ0v) is 12.2. The molecule has 1 saturated carbocycles. The van der Waals surface area contributed by atoms with E-state index in [4.69, 9.17) is 0 Å². The lowest BCUT2D eigenvalue weighted by molar-refractivity contribution is -0.147. The van der Waals surface area contributed by atoms with E-state index in [1.165, 1.54) is 0 Å². The second-order valence-corrected chi connectivity index (χ2v) is 6.15. The number of carboxylic acids is 1. The molecule has 3 rings (SSSR count). The third-order valence-corrected chi connectivity index (χ3v) is 4.86. The Hall–Kier alpha value is -2.36. The highest BCUT2D eigenvalue weighted by molar-refractivity contribution is 5.96. The summed E-state index contributed by atoms with van der Waals surface area (Å²) in [6.07, 6.45) is 7.09. The van der Waals surface area contributed by atoms with Crippen molar-refractivity contribution >= 4 is 17.6 Å². The van der Waals surface area contributed by atoms with E-state index >= 15 is 0 Å². The third-order valence-electron chi connectivity index (χ3n) is 4.86. The smallest absolute Gasteiger partial charge is 0.307 e. The fourth-order valence-electron chi connectivity index (χ4n) is 4.01. The molecule has 2 aliphatic rings. The van der Waals surface area contributed by atoms with Crippen molar-refractivity contribution in [3.05, 3.63) is 55.1 Å². The van der Waals surface area contributed by atoms with E-state index in [0.29, 0.717) is 18.5 Å². The Labute approximate surface area is 129 Å². The van der Waals surface area contributed by atoms with Crippen LogP contribution in [0.2, 0.25) is 0 Å². The zero-order chi connectivity index (χ0) is 15.7. The second kappa shape index (κ2) is 5.44. The molecule has 1 fully saturated rings. The van der Waals surface area contributed by atoms with Crippen molar-refractivity contribution in [3.63, 3.8) is 0 Å². The molecule has 0 radical (unpaired) electrons. The van der Waals surface area contributed by atoms with E-state index < -0.39 is 23.2 Å². The Kier molecular flexibility index (Phi) is 3.61. The number of fused-ring (bicyclic) bond motifs is 2. The number of amides is 1. The number of aliphatic carboxylic acids is 1. The number of hydrogen-bond acceptors (Lipinski definition) is 2. The lowest BCUT2D eigenvalue weighted by Crippen LogP contribution is -2.41. The van der Waals surface area contributed by atoms with Crippen LogP contribution in [0.3, 0.4) is 0 Å². The largest absolute Gasteiger partial charge is 0.481 e. The average molecular weight is 297 g/mol. The Morgan fingerprint density at radius 1 is 1.36 bits per heavy atom. The van der Waals surface area contributed by atoms with Gasteiger partial charge in [-0.1, -0.05) is 36.4 Å². The summed E-state index contributed by atoms with van der Waals surface area (Å²) < 4.78 is 0. The topological polar surface area (TPSA) is 66.4 Å². The van der Waals surface area contributed by atoms with Crippen molar-refractivity contribution < 1.29 is 14.7 Å². The van der Waals surface area contributed by atoms with E-state index in [2.05, 4.69) is 11.9 Å². The van der Waals surface area contributed by atoms with Gasteiger partial charge in [0, 0.05) is 11.1 Å². The van der Waals surface area contributed by atoms with Gasteiger partial charge in [0.15, 0.2) is 0 Å². The van der Waals surface area contributed by atoms with E-state index in [1.807, 2.05) is 30.4 Å². The van der Waals surface area contributed by atoms with E-state index in [0.717, 1.165) is 0 Å². The highest BCUT2D eigenvalue weighted by atomic mass is 16.4. The van der Waals surface area contributed by atoms with Gasteiger partial charge in [-0.15, -0.1) is 6.58 Å². The molecule has 0 heterocycles. The first kappa shape index (κ1) is 14.6. The van der Waals surface area contributed by atoms with Crippen molar-refractivity contribution in [1.82, 2.24) is 0 Å². The van der Waals surface area contributed by atoms with Crippen LogP contribution >= 0.6 is 0 Å². The quantitative estimate of drug-likeness (QED) is 0.821. The zero-order valence-electron chi connectivity index (χ0n) is 12.2. The first-order chi connectivity index (χ1) is 10.6. The van der Waals surface area contributed by atoms with Crippen molar-refractivity contribution in [2.24, 2.45) is 23.2 Å². The molecular formula is C18H19NO3. The molecule has 4 nitrogen and oxygen atoms in total. The second-order valence-electron chi connectivity index (χ2n) is 6.15. The Morgan fingerprint density at radius 3 is 2.73 bits per heavy atom. The van der Waals surface area contributed by atoms with Crippen molar-refractivity contribution in [2.75, 3.05) is 5.32 Å². The van der Waals surface area contributed by atoms with Gasteiger partial charge in [-0.05, 0) is 30.9 Å². The number of benzene rings is 1. The number of carbonyl (C=O) groups excluding carboxylic acids is 1. The summed E-state index contributed by atoms with van der Waals surface area (Å²) in [4.78, 5) is 24.4. The number of anilines is 1. The van der Waals surface area contributed by atoms with Crippen LogP contribution < -0.4 is 5.32 Å². The lowest BCUT2D eigenvalue weighted by atomic mass is 9.71. The van der Waals surface area contributed by atoms with Crippen molar-refractivity contribution in [2.45, 2.75) is 12.8 Å². The normalized spacial score (nSPS) is 31.9. The summed E-state index contributed by atoms with van der Waals surface area (Å²) in [5.74, 6) is -2.39. The van der Waals surface area contributed by atoms with Crippen LogP contribution in [0, 0.1) is 23.2 Å². The molecule has 22 heavy (non-hydrogen) atoms. The summed E-state index contributed by atoms with van der Waals surface area (Å²) in [6, 6.07) is 9.15. The molecule has 2 bridgehead atoms. The Balaban J connectivity index is 1.91. The summed E-state index contributed by atoms with van der Waals surface area (Å²) in [6.45, 7) is 3.77. The standard InChI is InChI=1S/C18H19NO3/c1-2-9-18-10-8-12(11-18)14(17(21)22)15(18)16(20)19-13-6-4-3-5-7-13/h2-8,10,12,14-15H,1,9,11H2,(H,19,20)(H,21,22). The first-order valence-corrected chi connectivity index (χ1v) is 7.46. The van der Waals surface area contributed by atoms with Gasteiger partial charge in [0.1, 0.15) is 0 Å². The molecule has 4 unspecified atom stereocenters. The Morgan fingerprint density at radius 2 is 2.09 bits per heavy atom. The van der Waals surface area contributed by atoms with Crippen LogP contribution in [0.4, 0.5) is 5.69 Å². The van der Waals surface area contributed by atoms with Crippen LogP contribution in [0.5, 0.6) is 0 Å². The maximum Gasteiger partial charge on any atom is 0.307 e. The molecule has 1 aromatic carbocycles. The third kappa shape index (κ3) is 2.25. The first-order valence-electron chi connectivity index (χ1n) is 7.46. The molecule has 114 valence electrons. The fourth-order valence-corrected chi connectivity index (χ4v) is 4.01. The highest BCUT2D eigenvalue weighted by Gasteiger charge is 2.59. The molecule has 0 spiro atoms. The molecule has 1 amide bonds. The average Bonchev–Trinajstić information content (AvgIpc) is 3.04. The molecular weight excluding hydrogens is 278 g/mol. The lowest BCUT2D eigenvalue weighted by Gasteiger charge is -2.33. The fraction of sp³-hybridized carbons (Fsp3) is 0.333. The number of hydrogen-bond donors (Lipinski definition) is 2. The monoisotopic (exact) mass is 297 g/mol. The van der Waals surface area contributed by atoms with Gasteiger partial charge in [0.25, 0.3) is 0 Å². The highest BCUT2D eigenvalue weighted by Crippen LogP contribution is 2.58. The van der Waals surface area contributed by atoms with Crippen LogP contribution in [0.25, 0.3) is 0 Å². The van der Waals surface area contributed by atoms with Crippen LogP contribution in [-0.4, -0.2) is 17.0 Å². The number of para-hydroxylation sites is 1. The van der Waals surface area contributed by atoms with E-state index in [9.17, 15) is 14.7 Å². The number of nitrogens with one attached hydrogen (secondary N) is 1. The van der Waals surface area contributed by atoms with Crippen LogP contribution in [0.1, 0.15) is 12.8 Å². The summed E-state index contributed by atoms with van der Waals surface area (Å²) >= 11 is 0. The molecule has 0 aromatic heterocycles. The minimum absolute atomic E-state index is 0.0658. The maximum atomic E-state index is 12.8. The summed E-state index contributed by atoms with van der Waals surface area (Å²) in [5.41, 5.74) is 0.283. The number of carbonyl (C=O) groups is 2. The van der Waals surface area contributed by atoms with Crippen LogP contribution in [0.15, 0.2) is 55.1 Å². The molecule has 4 atom stereocenters. The van der Waals surface area contributed by atoms with E-state index in [1.54, 1.807) is 18.2 Å². The Bertz CT molecular complexity index is 637. The van der Waals surface area contributed by atoms with Gasteiger partial charge in [0.05, 0.1) is 11.8 Å². The van der Waals surface area contributed by atoms with Gasteiger partial charge < -0.3 is 10.4 Å². The van der Waals surface area contributed by atoms with E-state index in [-0.39, 0.29) is 11.8 Å². The van der Waals surface area contributed by atoms with Crippen molar-refractivity contribution in [3.8, 4) is 0 Å². The van der Waals surface area contributed by atoms with Gasteiger partial charge >= 0.3 is 5.97 Å². The number of rotatable bonds is 5. The van der Waals surface area contributed by atoms with Crippen molar-refractivity contribution in [1.29, 1.82) is 0 Å². The minimum Gasteiger partial charge on any atom is -0.481 e. The minimum atomic E-state index is -0.895. The van der Waals surface area contributed by atoms with Gasteiger partial charge in [-0.3, -0.25) is 9.59 Å². The predicted molar refractivity (Wildman–Crippen MR) is 84.2 cm³/mol. The number of carboxylic acid groups (broad SMARTS) is 1. The molecule has 2 N–H and O–H groups in total.